The summed E-state index contributed by atoms with van der Waals surface area (Å²) in [5.41, 5.74) is 1.29. The number of nitrogens with zero attached hydrogens (tertiary/aromatic N) is 2. The topological polar surface area (TPSA) is 64.0 Å². The summed E-state index contributed by atoms with van der Waals surface area (Å²) in [4.78, 5) is 29.4. The molecule has 5 nitrogen and oxygen atoms in total. The molecule has 4 rings (SSSR count). The zero-order valence-corrected chi connectivity index (χ0v) is 16.0. The van der Waals surface area contributed by atoms with Gasteiger partial charge < -0.3 is 5.32 Å². The van der Waals surface area contributed by atoms with Crippen LogP contribution >= 0.6 is 11.6 Å². The van der Waals surface area contributed by atoms with E-state index in [9.17, 15) is 9.59 Å². The van der Waals surface area contributed by atoms with Gasteiger partial charge in [-0.25, -0.2) is 4.98 Å². The predicted molar refractivity (Wildman–Crippen MR) is 112 cm³/mol. The van der Waals surface area contributed by atoms with E-state index in [0.29, 0.717) is 15.9 Å². The molecule has 0 radical (unpaired) electrons. The standard InChI is InChI=1S/C22H18ClN3O2/c1-14(17-8-4-6-15-5-2-3-7-18(15)17)25-21(27)12-26-13-24-20-10-9-16(23)11-19(20)22(26)28/h2-11,13-14H,12H2,1H3,(H,25,27)/t14-/m1/s1. The van der Waals surface area contributed by atoms with Gasteiger partial charge in [0, 0.05) is 5.02 Å². The molecule has 1 amide bonds. The molecule has 28 heavy (non-hydrogen) atoms. The summed E-state index contributed by atoms with van der Waals surface area (Å²) < 4.78 is 1.30. The molecule has 0 spiro atoms. The van der Waals surface area contributed by atoms with Crippen LogP contribution in [0.1, 0.15) is 18.5 Å². The molecule has 1 aromatic heterocycles. The van der Waals surface area contributed by atoms with Gasteiger partial charge in [0.05, 0.1) is 23.3 Å². The van der Waals surface area contributed by atoms with E-state index >= 15 is 0 Å². The summed E-state index contributed by atoms with van der Waals surface area (Å²) >= 11 is 5.98. The molecule has 1 atom stereocenters. The quantitative estimate of drug-likeness (QED) is 0.570. The monoisotopic (exact) mass is 391 g/mol. The Hall–Kier alpha value is -3.18. The third kappa shape index (κ3) is 3.49. The predicted octanol–water partition coefficient (Wildman–Crippen LogP) is 4.08. The van der Waals surface area contributed by atoms with Crippen LogP contribution in [0.5, 0.6) is 0 Å². The number of carbonyl (C=O) groups excluding carboxylic acids is 1. The molecule has 1 heterocycles. The maximum Gasteiger partial charge on any atom is 0.261 e. The highest BCUT2D eigenvalue weighted by Crippen LogP contribution is 2.24. The highest BCUT2D eigenvalue weighted by molar-refractivity contribution is 6.31. The zero-order valence-electron chi connectivity index (χ0n) is 15.2. The number of halogens is 1. The fourth-order valence-electron chi connectivity index (χ4n) is 3.39. The summed E-state index contributed by atoms with van der Waals surface area (Å²) in [5.74, 6) is -0.259. The van der Waals surface area contributed by atoms with Crippen LogP contribution < -0.4 is 10.9 Å². The van der Waals surface area contributed by atoms with E-state index in [1.54, 1.807) is 18.2 Å². The maximum absolute atomic E-state index is 12.6. The molecule has 6 heteroatoms. The van der Waals surface area contributed by atoms with E-state index in [1.807, 2.05) is 49.4 Å². The van der Waals surface area contributed by atoms with E-state index in [4.69, 9.17) is 11.6 Å². The summed E-state index contributed by atoms with van der Waals surface area (Å²) in [5, 5.41) is 6.03. The molecular formula is C22H18ClN3O2. The van der Waals surface area contributed by atoms with Crippen molar-refractivity contribution in [2.24, 2.45) is 0 Å². The van der Waals surface area contributed by atoms with E-state index in [2.05, 4.69) is 10.3 Å². The molecule has 140 valence electrons. The van der Waals surface area contributed by atoms with Gasteiger partial charge in [0.2, 0.25) is 5.91 Å². The van der Waals surface area contributed by atoms with Crippen molar-refractivity contribution in [3.63, 3.8) is 0 Å². The van der Waals surface area contributed by atoms with Crippen molar-refractivity contribution in [2.45, 2.75) is 19.5 Å². The van der Waals surface area contributed by atoms with Crippen molar-refractivity contribution in [3.8, 4) is 0 Å². The second kappa shape index (κ2) is 7.44. The largest absolute Gasteiger partial charge is 0.348 e. The Morgan fingerprint density at radius 2 is 1.89 bits per heavy atom. The first-order chi connectivity index (χ1) is 13.5. The Kier molecular flexibility index (Phi) is 4.84. The van der Waals surface area contributed by atoms with Crippen molar-refractivity contribution >= 4 is 39.2 Å². The number of hydrogen-bond acceptors (Lipinski definition) is 3. The lowest BCUT2D eigenvalue weighted by Crippen LogP contribution is -2.34. The van der Waals surface area contributed by atoms with Gasteiger partial charge in [-0.2, -0.15) is 0 Å². The first-order valence-corrected chi connectivity index (χ1v) is 9.32. The molecule has 0 bridgehead atoms. The minimum Gasteiger partial charge on any atom is -0.348 e. The average molecular weight is 392 g/mol. The molecule has 0 fully saturated rings. The smallest absolute Gasteiger partial charge is 0.261 e. The molecule has 0 aliphatic rings. The molecule has 0 saturated heterocycles. The van der Waals surface area contributed by atoms with E-state index in [1.165, 1.54) is 10.9 Å². The van der Waals surface area contributed by atoms with Crippen molar-refractivity contribution in [1.82, 2.24) is 14.9 Å². The third-order valence-electron chi connectivity index (χ3n) is 4.77. The maximum atomic E-state index is 12.6. The van der Waals surface area contributed by atoms with Gasteiger partial charge in [0.25, 0.3) is 5.56 Å². The van der Waals surface area contributed by atoms with Crippen LogP contribution in [0.2, 0.25) is 5.02 Å². The Balaban J connectivity index is 1.57. The average Bonchev–Trinajstić information content (AvgIpc) is 2.70. The minimum atomic E-state index is -0.291. The number of aromatic nitrogens is 2. The number of fused-ring (bicyclic) bond motifs is 2. The van der Waals surface area contributed by atoms with Crippen LogP contribution in [0.15, 0.2) is 71.8 Å². The Morgan fingerprint density at radius 1 is 1.11 bits per heavy atom. The first kappa shape index (κ1) is 18.2. The van der Waals surface area contributed by atoms with Crippen molar-refractivity contribution < 1.29 is 4.79 Å². The van der Waals surface area contributed by atoms with Crippen LogP contribution in [0, 0.1) is 0 Å². The van der Waals surface area contributed by atoms with Gasteiger partial charge in [0.15, 0.2) is 0 Å². The number of hydrogen-bond donors (Lipinski definition) is 1. The van der Waals surface area contributed by atoms with E-state index in [-0.39, 0.29) is 24.1 Å². The van der Waals surface area contributed by atoms with E-state index in [0.717, 1.165) is 16.3 Å². The number of carbonyl (C=O) groups is 1. The molecule has 4 aromatic rings. The van der Waals surface area contributed by atoms with Gasteiger partial charge in [0.1, 0.15) is 6.54 Å². The van der Waals surface area contributed by atoms with Crippen molar-refractivity contribution in [3.05, 3.63) is 87.9 Å². The normalized spacial score (nSPS) is 12.2. The molecule has 0 saturated carbocycles. The second-order valence-electron chi connectivity index (χ2n) is 6.70. The Bertz CT molecular complexity index is 1240. The third-order valence-corrected chi connectivity index (χ3v) is 5.00. The summed E-state index contributed by atoms with van der Waals surface area (Å²) in [7, 11) is 0. The van der Waals surface area contributed by atoms with Crippen molar-refractivity contribution in [1.29, 1.82) is 0 Å². The summed E-state index contributed by atoms with van der Waals surface area (Å²) in [6, 6.07) is 18.8. The van der Waals surface area contributed by atoms with Crippen LogP contribution in [0.3, 0.4) is 0 Å². The second-order valence-corrected chi connectivity index (χ2v) is 7.13. The molecule has 0 aliphatic carbocycles. The molecule has 0 aliphatic heterocycles. The summed E-state index contributed by atoms with van der Waals surface area (Å²) in [6.07, 6.45) is 1.39. The summed E-state index contributed by atoms with van der Waals surface area (Å²) in [6.45, 7) is 1.82. The lowest BCUT2D eigenvalue weighted by Gasteiger charge is -2.17. The molecule has 3 aromatic carbocycles. The Labute approximate surface area is 166 Å². The fourth-order valence-corrected chi connectivity index (χ4v) is 3.56. The molecular weight excluding hydrogens is 374 g/mol. The lowest BCUT2D eigenvalue weighted by atomic mass is 10.00. The fraction of sp³-hybridized carbons (Fsp3) is 0.136. The van der Waals surface area contributed by atoms with Gasteiger partial charge in [-0.1, -0.05) is 54.1 Å². The molecule has 0 unspecified atom stereocenters. The highest BCUT2D eigenvalue weighted by Gasteiger charge is 2.14. The highest BCUT2D eigenvalue weighted by atomic mass is 35.5. The zero-order chi connectivity index (χ0) is 19.7. The van der Waals surface area contributed by atoms with Crippen molar-refractivity contribution in [2.75, 3.05) is 0 Å². The van der Waals surface area contributed by atoms with Gasteiger partial charge >= 0.3 is 0 Å². The van der Waals surface area contributed by atoms with Crippen LogP contribution in [0.25, 0.3) is 21.7 Å². The van der Waals surface area contributed by atoms with Crippen LogP contribution in [-0.2, 0) is 11.3 Å². The number of nitrogens with one attached hydrogen (secondary N) is 1. The molecule has 1 N–H and O–H groups in total. The first-order valence-electron chi connectivity index (χ1n) is 8.94. The van der Waals surface area contributed by atoms with Gasteiger partial charge in [-0.15, -0.1) is 0 Å². The van der Waals surface area contributed by atoms with E-state index < -0.39 is 0 Å². The van der Waals surface area contributed by atoms with Crippen LogP contribution in [0.4, 0.5) is 0 Å². The number of benzene rings is 3. The van der Waals surface area contributed by atoms with Gasteiger partial charge in [-0.3, -0.25) is 14.2 Å². The Morgan fingerprint density at radius 3 is 2.75 bits per heavy atom. The lowest BCUT2D eigenvalue weighted by molar-refractivity contribution is -0.122. The minimum absolute atomic E-state index is 0.108. The SMILES string of the molecule is C[C@@H](NC(=O)Cn1cnc2ccc(Cl)cc2c1=O)c1cccc2ccccc12. The van der Waals surface area contributed by atoms with Gasteiger partial charge in [-0.05, 0) is 41.5 Å². The van der Waals surface area contributed by atoms with Crippen LogP contribution in [-0.4, -0.2) is 15.5 Å². The number of rotatable bonds is 4. The number of amides is 1.